The lowest BCUT2D eigenvalue weighted by Gasteiger charge is -2.46. The van der Waals surface area contributed by atoms with Gasteiger partial charge in [0.15, 0.2) is 0 Å². The van der Waals surface area contributed by atoms with Crippen molar-refractivity contribution in [1.82, 2.24) is 31.2 Å². The number of nitrogens with one attached hydrogen (secondary N) is 4. The molecule has 208 valence electrons. The Morgan fingerprint density at radius 2 is 1.92 bits per heavy atom. The van der Waals surface area contributed by atoms with Crippen LogP contribution in [0.1, 0.15) is 23.8 Å². The first-order valence-electron chi connectivity index (χ1n) is 13.7. The Morgan fingerprint density at radius 3 is 2.67 bits per heavy atom. The molecule has 0 aliphatic carbocycles. The van der Waals surface area contributed by atoms with Crippen LogP contribution in [-0.4, -0.2) is 87.8 Å². The Kier molecular flexibility index (Phi) is 7.85. The number of ether oxygens (including phenoxy) is 2. The number of piperazine rings is 1. The molecule has 3 fully saturated rings. The van der Waals surface area contributed by atoms with E-state index in [2.05, 4.69) is 37.1 Å². The SMILES string of the molecule is COc1ccc(OC)c(N2CCN(C3NC(=O)C(c4nc5ccccc5s4)C(N[C@@H]4CCCNC4)N3)CC2)c1. The van der Waals surface area contributed by atoms with E-state index in [0.717, 1.165) is 84.5 Å². The van der Waals surface area contributed by atoms with Gasteiger partial charge in [-0.2, -0.15) is 0 Å². The maximum atomic E-state index is 13.7. The molecule has 0 spiro atoms. The molecule has 0 radical (unpaired) electrons. The fraction of sp³-hybridized carbons (Fsp3) is 0.500. The Labute approximate surface area is 233 Å². The van der Waals surface area contributed by atoms with E-state index in [-0.39, 0.29) is 18.4 Å². The number of carbonyl (C=O) groups excluding carboxylic acids is 1. The van der Waals surface area contributed by atoms with Crippen LogP contribution in [0, 0.1) is 0 Å². The average molecular weight is 552 g/mol. The number of para-hydroxylation sites is 1. The number of amides is 1. The number of carbonyl (C=O) groups is 1. The van der Waals surface area contributed by atoms with Crippen LogP contribution >= 0.6 is 11.3 Å². The van der Waals surface area contributed by atoms with Crippen LogP contribution in [0.15, 0.2) is 42.5 Å². The minimum Gasteiger partial charge on any atom is -0.497 e. The van der Waals surface area contributed by atoms with Gasteiger partial charge >= 0.3 is 0 Å². The molecule has 3 aromatic rings. The van der Waals surface area contributed by atoms with E-state index in [0.29, 0.717) is 6.04 Å². The summed E-state index contributed by atoms with van der Waals surface area (Å²) in [5.74, 6) is 1.25. The maximum Gasteiger partial charge on any atom is 0.235 e. The largest absolute Gasteiger partial charge is 0.497 e. The highest BCUT2D eigenvalue weighted by Crippen LogP contribution is 2.34. The minimum atomic E-state index is -0.400. The first kappa shape index (κ1) is 26.3. The van der Waals surface area contributed by atoms with E-state index in [1.54, 1.807) is 25.6 Å². The molecule has 1 amide bonds. The zero-order valence-corrected chi connectivity index (χ0v) is 23.3. The van der Waals surface area contributed by atoms with Crippen molar-refractivity contribution in [2.45, 2.75) is 37.3 Å². The summed E-state index contributed by atoms with van der Waals surface area (Å²) < 4.78 is 12.2. The van der Waals surface area contributed by atoms with Crippen molar-refractivity contribution in [2.24, 2.45) is 0 Å². The summed E-state index contributed by atoms with van der Waals surface area (Å²) in [6, 6.07) is 14.3. The zero-order chi connectivity index (χ0) is 26.8. The molecule has 1 aromatic heterocycles. The molecule has 4 heterocycles. The summed E-state index contributed by atoms with van der Waals surface area (Å²) in [4.78, 5) is 23.2. The third-order valence-corrected chi connectivity index (χ3v) is 9.05. The molecule has 10 nitrogen and oxygen atoms in total. The van der Waals surface area contributed by atoms with Gasteiger partial charge in [-0.25, -0.2) is 4.98 Å². The van der Waals surface area contributed by atoms with E-state index in [1.165, 1.54) is 0 Å². The number of hydrogen-bond donors (Lipinski definition) is 4. The molecule has 0 saturated carbocycles. The number of methoxy groups -OCH3 is 2. The van der Waals surface area contributed by atoms with Crippen molar-refractivity contribution in [3.63, 3.8) is 0 Å². The number of anilines is 1. The van der Waals surface area contributed by atoms with E-state index < -0.39 is 5.92 Å². The molecule has 6 rings (SSSR count). The molecule has 11 heteroatoms. The van der Waals surface area contributed by atoms with Crippen LogP contribution in [0.25, 0.3) is 10.2 Å². The highest BCUT2D eigenvalue weighted by atomic mass is 32.1. The van der Waals surface area contributed by atoms with Gasteiger partial charge in [-0.15, -0.1) is 11.3 Å². The first-order chi connectivity index (χ1) is 19.1. The number of aromatic nitrogens is 1. The van der Waals surface area contributed by atoms with Crippen molar-refractivity contribution in [2.75, 3.05) is 58.4 Å². The fourth-order valence-electron chi connectivity index (χ4n) is 5.82. The zero-order valence-electron chi connectivity index (χ0n) is 22.5. The Balaban J connectivity index is 1.18. The summed E-state index contributed by atoms with van der Waals surface area (Å²) in [6.45, 7) is 5.15. The van der Waals surface area contributed by atoms with Crippen LogP contribution < -0.4 is 35.6 Å². The molecule has 39 heavy (non-hydrogen) atoms. The van der Waals surface area contributed by atoms with Crippen LogP contribution in [-0.2, 0) is 4.79 Å². The molecule has 3 aliphatic heterocycles. The molecule has 4 atom stereocenters. The summed E-state index contributed by atoms with van der Waals surface area (Å²) in [5.41, 5.74) is 1.96. The second-order valence-electron chi connectivity index (χ2n) is 10.3. The maximum absolute atomic E-state index is 13.7. The lowest BCUT2D eigenvalue weighted by molar-refractivity contribution is -0.129. The second-order valence-corrected chi connectivity index (χ2v) is 11.4. The van der Waals surface area contributed by atoms with E-state index in [1.807, 2.05) is 36.4 Å². The molecular formula is C28H37N7O3S. The van der Waals surface area contributed by atoms with Crippen molar-refractivity contribution < 1.29 is 14.3 Å². The smallest absolute Gasteiger partial charge is 0.235 e. The molecular weight excluding hydrogens is 514 g/mol. The number of piperidine rings is 1. The van der Waals surface area contributed by atoms with Gasteiger partial charge in [0.05, 0.1) is 36.3 Å². The summed E-state index contributed by atoms with van der Waals surface area (Å²) in [6.07, 6.45) is 1.74. The molecule has 3 saturated heterocycles. The Hall–Kier alpha value is -2.96. The molecule has 3 unspecified atom stereocenters. The number of thiazole rings is 1. The van der Waals surface area contributed by atoms with E-state index >= 15 is 0 Å². The van der Waals surface area contributed by atoms with Gasteiger partial charge in [0.25, 0.3) is 0 Å². The number of benzene rings is 2. The third-order valence-electron chi connectivity index (χ3n) is 7.93. The number of fused-ring (bicyclic) bond motifs is 1. The predicted molar refractivity (Wildman–Crippen MR) is 154 cm³/mol. The monoisotopic (exact) mass is 551 g/mol. The van der Waals surface area contributed by atoms with E-state index in [9.17, 15) is 4.79 Å². The number of hydrogen-bond acceptors (Lipinski definition) is 10. The number of nitrogens with zero attached hydrogens (tertiary/aromatic N) is 3. The first-order valence-corrected chi connectivity index (χ1v) is 14.5. The summed E-state index contributed by atoms with van der Waals surface area (Å²) >= 11 is 1.60. The second kappa shape index (κ2) is 11.6. The standard InChI is InChI=1S/C28H37N7O3S/c1-37-19-9-10-22(38-2)21(16-19)34-12-14-35(15-13-34)28-32-25(30-18-6-5-11-29-17-18)24(26(36)33-28)27-31-20-7-3-4-8-23(20)39-27/h3-4,7-10,16,18,24-25,28-30,32H,5-6,11-15,17H2,1-2H3,(H,33,36)/t18-,24?,25?,28?/m1/s1. The topological polar surface area (TPSA) is 103 Å². The highest BCUT2D eigenvalue weighted by molar-refractivity contribution is 7.18. The Morgan fingerprint density at radius 1 is 1.08 bits per heavy atom. The van der Waals surface area contributed by atoms with Gasteiger partial charge in [0, 0.05) is 44.8 Å². The van der Waals surface area contributed by atoms with Crippen molar-refractivity contribution in [1.29, 1.82) is 0 Å². The molecule has 3 aliphatic rings. The molecule has 2 aromatic carbocycles. The molecule has 4 N–H and O–H groups in total. The third kappa shape index (κ3) is 5.55. The number of rotatable bonds is 7. The lowest BCUT2D eigenvalue weighted by Crippen LogP contribution is -2.72. The highest BCUT2D eigenvalue weighted by Gasteiger charge is 2.42. The van der Waals surface area contributed by atoms with Gasteiger partial charge in [-0.3, -0.25) is 20.3 Å². The average Bonchev–Trinajstić information content (AvgIpc) is 3.41. The Bertz CT molecular complexity index is 1260. The van der Waals surface area contributed by atoms with Crippen LogP contribution in [0.5, 0.6) is 11.5 Å². The van der Waals surface area contributed by atoms with Gasteiger partial charge < -0.3 is 25.0 Å². The van der Waals surface area contributed by atoms with Crippen molar-refractivity contribution in [3.05, 3.63) is 47.5 Å². The lowest BCUT2D eigenvalue weighted by atomic mass is 10.00. The predicted octanol–water partition coefficient (Wildman–Crippen LogP) is 1.89. The van der Waals surface area contributed by atoms with E-state index in [4.69, 9.17) is 14.5 Å². The van der Waals surface area contributed by atoms with Gasteiger partial charge in [0.2, 0.25) is 5.91 Å². The van der Waals surface area contributed by atoms with Crippen LogP contribution in [0.4, 0.5) is 5.69 Å². The summed E-state index contributed by atoms with van der Waals surface area (Å²) in [5, 5.41) is 15.1. The van der Waals surface area contributed by atoms with Gasteiger partial charge in [-0.05, 0) is 43.7 Å². The quantitative estimate of drug-likeness (QED) is 0.351. The van der Waals surface area contributed by atoms with Crippen molar-refractivity contribution in [3.8, 4) is 11.5 Å². The fourth-order valence-corrected chi connectivity index (χ4v) is 6.92. The minimum absolute atomic E-state index is 0.0102. The van der Waals surface area contributed by atoms with Crippen LogP contribution in [0.3, 0.4) is 0 Å². The molecule has 0 bridgehead atoms. The normalized spacial score (nSPS) is 26.4. The van der Waals surface area contributed by atoms with Crippen LogP contribution in [0.2, 0.25) is 0 Å². The van der Waals surface area contributed by atoms with Gasteiger partial charge in [0.1, 0.15) is 28.7 Å². The summed E-state index contributed by atoms with van der Waals surface area (Å²) in [7, 11) is 3.37. The van der Waals surface area contributed by atoms with Crippen molar-refractivity contribution >= 4 is 33.1 Å². The van der Waals surface area contributed by atoms with Gasteiger partial charge in [-0.1, -0.05) is 12.1 Å².